The number of rotatable bonds is 2. The van der Waals surface area contributed by atoms with E-state index in [-0.39, 0.29) is 5.91 Å². The Hall–Kier alpha value is -3.07. The van der Waals surface area contributed by atoms with Crippen molar-refractivity contribution >= 4 is 33.5 Å². The van der Waals surface area contributed by atoms with E-state index in [2.05, 4.69) is 60.5 Å². The van der Waals surface area contributed by atoms with Crippen LogP contribution in [0.3, 0.4) is 0 Å². The van der Waals surface area contributed by atoms with Crippen LogP contribution in [-0.4, -0.2) is 5.91 Å². The van der Waals surface area contributed by atoms with Crippen LogP contribution in [0.1, 0.15) is 23.6 Å². The van der Waals surface area contributed by atoms with Crippen molar-refractivity contribution in [2.45, 2.75) is 27.7 Å². The molecule has 0 fully saturated rings. The van der Waals surface area contributed by atoms with Gasteiger partial charge in [-0.2, -0.15) is 0 Å². The van der Waals surface area contributed by atoms with Gasteiger partial charge in [-0.1, -0.05) is 18.2 Å². The van der Waals surface area contributed by atoms with E-state index >= 15 is 0 Å². The monoisotopic (exact) mass is 344 g/mol. The maximum atomic E-state index is 11.5. The summed E-state index contributed by atoms with van der Waals surface area (Å²) < 4.78 is 3.39. The lowest BCUT2D eigenvalue weighted by molar-refractivity contribution is -0.114. The van der Waals surface area contributed by atoms with Crippen molar-refractivity contribution in [2.75, 3.05) is 5.32 Å². The van der Waals surface area contributed by atoms with E-state index in [4.69, 9.17) is 0 Å². The number of furan rings is 1. The number of amides is 1. The van der Waals surface area contributed by atoms with Gasteiger partial charge in [0.25, 0.3) is 16.9 Å². The molecule has 0 aliphatic rings. The SMILES string of the molecule is CC(=O)Nc1cc(C)c2c(c1)c1cc(C)cc(C)c1[o+]2-c1ccccc1. The first-order valence-electron chi connectivity index (χ1n) is 8.79. The third-order valence-corrected chi connectivity index (χ3v) is 4.69. The summed E-state index contributed by atoms with van der Waals surface area (Å²) in [6.07, 6.45) is 0. The Labute approximate surface area is 153 Å². The number of benzene rings is 3. The quantitative estimate of drug-likeness (QED) is 0.435. The second-order valence-electron chi connectivity index (χ2n) is 6.93. The van der Waals surface area contributed by atoms with E-state index in [1.54, 1.807) is 0 Å². The lowest BCUT2D eigenvalue weighted by atomic mass is 10.0. The third kappa shape index (κ3) is 2.57. The molecule has 1 aromatic heterocycles. The fourth-order valence-corrected chi connectivity index (χ4v) is 3.84. The van der Waals surface area contributed by atoms with E-state index < -0.39 is 0 Å². The second-order valence-corrected chi connectivity index (χ2v) is 6.93. The molecule has 0 radical (unpaired) electrons. The van der Waals surface area contributed by atoms with Crippen LogP contribution in [0.5, 0.6) is 0 Å². The molecule has 0 atom stereocenters. The molecule has 3 aromatic carbocycles. The molecule has 4 aromatic rings. The van der Waals surface area contributed by atoms with Crippen LogP contribution in [0, 0.1) is 20.8 Å². The maximum absolute atomic E-state index is 11.5. The topological polar surface area (TPSA) is 31.8 Å². The van der Waals surface area contributed by atoms with Gasteiger partial charge in [0.15, 0.2) is 0 Å². The number of hydrogen-bond donors (Lipinski definition) is 1. The molecule has 0 saturated heterocycles. The average molecular weight is 344 g/mol. The van der Waals surface area contributed by atoms with Crippen LogP contribution in [0.25, 0.3) is 27.7 Å². The van der Waals surface area contributed by atoms with Gasteiger partial charge in [0.1, 0.15) is 0 Å². The number of nitrogens with one attached hydrogen (secondary N) is 1. The number of hydrogen-bond acceptors (Lipinski definition) is 1. The molecular weight excluding hydrogens is 322 g/mol. The molecule has 3 nitrogen and oxygen atoms in total. The molecule has 0 saturated carbocycles. The molecule has 0 aliphatic carbocycles. The molecule has 1 N–H and O–H groups in total. The first-order chi connectivity index (χ1) is 12.5. The average Bonchev–Trinajstić information content (AvgIpc) is 2.90. The summed E-state index contributed by atoms with van der Waals surface area (Å²) in [5, 5.41) is 5.23. The fourth-order valence-electron chi connectivity index (χ4n) is 3.84. The second kappa shape index (κ2) is 6.03. The van der Waals surface area contributed by atoms with Crippen molar-refractivity contribution in [2.24, 2.45) is 0 Å². The molecular formula is C23H22NO2+. The molecule has 26 heavy (non-hydrogen) atoms. The molecule has 0 spiro atoms. The van der Waals surface area contributed by atoms with Gasteiger partial charge in [0, 0.05) is 35.9 Å². The summed E-state index contributed by atoms with van der Waals surface area (Å²) in [6.45, 7) is 7.88. The maximum Gasteiger partial charge on any atom is 0.278 e. The van der Waals surface area contributed by atoms with Crippen LogP contribution >= 0.6 is 0 Å². The van der Waals surface area contributed by atoms with E-state index in [0.717, 1.165) is 33.6 Å². The molecule has 3 heteroatoms. The first-order valence-corrected chi connectivity index (χ1v) is 8.79. The summed E-state index contributed by atoms with van der Waals surface area (Å²) in [6, 6.07) is 18.8. The van der Waals surface area contributed by atoms with Crippen molar-refractivity contribution in [3.05, 3.63) is 71.3 Å². The number of aryl methyl sites for hydroxylation is 3. The molecule has 0 unspecified atom stereocenters. The summed E-state index contributed by atoms with van der Waals surface area (Å²) in [4.78, 5) is 11.5. The highest BCUT2D eigenvalue weighted by molar-refractivity contribution is 6.10. The molecule has 0 aliphatic heterocycles. The van der Waals surface area contributed by atoms with Gasteiger partial charge in [0.05, 0.1) is 10.8 Å². The van der Waals surface area contributed by atoms with Gasteiger partial charge < -0.3 is 9.36 Å². The Morgan fingerprint density at radius 3 is 2.12 bits per heavy atom. The van der Waals surface area contributed by atoms with E-state index in [9.17, 15) is 4.79 Å². The summed E-state index contributed by atoms with van der Waals surface area (Å²) >= 11 is 0. The molecule has 4 rings (SSSR count). The largest absolute Gasteiger partial charge is 0.498 e. The molecule has 1 heterocycles. The zero-order valence-corrected chi connectivity index (χ0v) is 15.5. The first kappa shape index (κ1) is 16.4. The van der Waals surface area contributed by atoms with Crippen LogP contribution in [-0.2, 0) is 4.79 Å². The summed E-state index contributed by atoms with van der Waals surface area (Å²) in [5.41, 5.74) is 6.62. The number of fused-ring (bicyclic) bond motifs is 3. The van der Waals surface area contributed by atoms with Crippen LogP contribution < -0.4 is 5.32 Å². The van der Waals surface area contributed by atoms with Gasteiger partial charge in [-0.15, -0.1) is 0 Å². The zero-order valence-electron chi connectivity index (χ0n) is 15.5. The number of anilines is 1. The van der Waals surface area contributed by atoms with E-state index in [1.807, 2.05) is 24.3 Å². The molecule has 130 valence electrons. The minimum Gasteiger partial charge on any atom is -0.498 e. The number of carbonyl (C=O) groups excluding carboxylic acids is 1. The minimum atomic E-state index is -0.0597. The highest BCUT2D eigenvalue weighted by Crippen LogP contribution is 2.43. The van der Waals surface area contributed by atoms with Crippen molar-refractivity contribution in [3.8, 4) is 5.75 Å². The van der Waals surface area contributed by atoms with Gasteiger partial charge in [-0.3, -0.25) is 4.79 Å². The number of carbonyl (C=O) groups is 1. The zero-order chi connectivity index (χ0) is 18.4. The standard InChI is InChI=1S/C23H21NO2/c1-14-10-15(2)22-20(11-14)21-13-18(24-17(4)25)12-16(3)23(21)26(22)19-8-6-5-7-9-19/h5-13H,1-4H3/p+1. The predicted molar refractivity (Wildman–Crippen MR) is 108 cm³/mol. The Balaban J connectivity index is 2.19. The highest BCUT2D eigenvalue weighted by Gasteiger charge is 2.25. The van der Waals surface area contributed by atoms with Crippen LogP contribution in [0.15, 0.2) is 58.6 Å². The summed E-state index contributed by atoms with van der Waals surface area (Å²) in [5.74, 6) is 1.00. The number of para-hydroxylation sites is 1. The van der Waals surface area contributed by atoms with Gasteiger partial charge in [-0.05, 0) is 50.6 Å². The predicted octanol–water partition coefficient (Wildman–Crippen LogP) is 6.15. The Kier molecular flexibility index (Phi) is 3.80. The van der Waals surface area contributed by atoms with E-state index in [0.29, 0.717) is 0 Å². The highest BCUT2D eigenvalue weighted by atomic mass is 16.6. The summed E-state index contributed by atoms with van der Waals surface area (Å²) in [7, 11) is 0. The van der Waals surface area contributed by atoms with Gasteiger partial charge in [-0.25, -0.2) is 0 Å². The van der Waals surface area contributed by atoms with Crippen LogP contribution in [0.2, 0.25) is 0 Å². The van der Waals surface area contributed by atoms with Crippen LogP contribution in [0.4, 0.5) is 5.69 Å². The fraction of sp³-hybridized carbons (Fsp3) is 0.174. The van der Waals surface area contributed by atoms with Crippen molar-refractivity contribution < 1.29 is 8.84 Å². The Bertz CT molecular complexity index is 1150. The van der Waals surface area contributed by atoms with Crippen molar-refractivity contribution in [1.82, 2.24) is 0 Å². The lowest BCUT2D eigenvalue weighted by Crippen LogP contribution is -2.05. The van der Waals surface area contributed by atoms with Gasteiger partial charge in [0.2, 0.25) is 5.91 Å². The minimum absolute atomic E-state index is 0.0597. The smallest absolute Gasteiger partial charge is 0.278 e. The van der Waals surface area contributed by atoms with E-state index in [1.165, 1.54) is 23.4 Å². The van der Waals surface area contributed by atoms with Crippen molar-refractivity contribution in [1.29, 1.82) is 0 Å². The lowest BCUT2D eigenvalue weighted by Gasteiger charge is -2.08. The Morgan fingerprint density at radius 1 is 0.846 bits per heavy atom. The normalized spacial score (nSPS) is 11.2. The van der Waals surface area contributed by atoms with Gasteiger partial charge >= 0.3 is 0 Å². The Morgan fingerprint density at radius 2 is 1.46 bits per heavy atom. The third-order valence-electron chi connectivity index (χ3n) is 4.69. The molecule has 0 bridgehead atoms. The molecule has 1 amide bonds. The van der Waals surface area contributed by atoms with Crippen molar-refractivity contribution in [3.63, 3.8) is 0 Å².